The van der Waals surface area contributed by atoms with E-state index in [1.807, 2.05) is 18.2 Å². The van der Waals surface area contributed by atoms with Crippen LogP contribution in [-0.4, -0.2) is 19.2 Å². The zero-order valence-corrected chi connectivity index (χ0v) is 16.1. The number of halogens is 2. The van der Waals surface area contributed by atoms with E-state index in [0.717, 1.165) is 0 Å². The van der Waals surface area contributed by atoms with Gasteiger partial charge in [0.1, 0.15) is 10.6 Å². The molecule has 2 N–H and O–H groups in total. The van der Waals surface area contributed by atoms with Gasteiger partial charge in [0.2, 0.25) is 0 Å². The minimum absolute atomic E-state index is 0.0352. The summed E-state index contributed by atoms with van der Waals surface area (Å²) >= 11 is 11.9. The standard InChI is InChI=1S/C19H14Cl2N2O3S/c20-15-8-11-17(21)18(12-15)27(25,26)23-22-19(13-4-2-1-3-5-13)14-6-9-16(24)10-7-14/h1-12,23-24H/b22-19+. The average molecular weight is 421 g/mol. The van der Waals surface area contributed by atoms with Crippen molar-refractivity contribution in [3.8, 4) is 5.75 Å². The van der Waals surface area contributed by atoms with Crippen LogP contribution in [0, 0.1) is 0 Å². The van der Waals surface area contributed by atoms with Crippen molar-refractivity contribution in [2.75, 3.05) is 0 Å². The van der Waals surface area contributed by atoms with Crippen LogP contribution >= 0.6 is 23.2 Å². The Hall–Kier alpha value is -2.54. The summed E-state index contributed by atoms with van der Waals surface area (Å²) in [5.41, 5.74) is 1.71. The molecule has 0 amide bonds. The lowest BCUT2D eigenvalue weighted by Crippen LogP contribution is -2.21. The molecule has 0 saturated heterocycles. The molecule has 0 radical (unpaired) electrons. The van der Waals surface area contributed by atoms with Crippen molar-refractivity contribution in [3.05, 3.63) is 94.0 Å². The van der Waals surface area contributed by atoms with Crippen LogP contribution in [0.4, 0.5) is 0 Å². The summed E-state index contributed by atoms with van der Waals surface area (Å²) in [6, 6.07) is 19.5. The number of phenols is 1. The predicted octanol–water partition coefficient (Wildman–Crippen LogP) is 4.43. The van der Waals surface area contributed by atoms with E-state index in [4.69, 9.17) is 23.2 Å². The van der Waals surface area contributed by atoms with Gasteiger partial charge < -0.3 is 5.11 Å². The Bertz CT molecular complexity index is 1080. The largest absolute Gasteiger partial charge is 0.508 e. The molecule has 0 atom stereocenters. The number of phenolic OH excluding ortho intramolecular Hbond substituents is 1. The molecule has 0 aliphatic rings. The minimum atomic E-state index is -4.04. The number of nitrogens with zero attached hydrogens (tertiary/aromatic N) is 1. The highest BCUT2D eigenvalue weighted by Crippen LogP contribution is 2.25. The molecule has 138 valence electrons. The first-order valence-electron chi connectivity index (χ1n) is 7.76. The summed E-state index contributed by atoms with van der Waals surface area (Å²) in [4.78, 5) is 2.04. The Morgan fingerprint density at radius 2 is 1.52 bits per heavy atom. The van der Waals surface area contributed by atoms with Crippen LogP contribution in [0.5, 0.6) is 5.75 Å². The maximum absolute atomic E-state index is 12.6. The van der Waals surface area contributed by atoms with Gasteiger partial charge in [0, 0.05) is 16.1 Å². The maximum atomic E-state index is 12.6. The molecule has 3 rings (SSSR count). The molecule has 0 bridgehead atoms. The van der Waals surface area contributed by atoms with Crippen LogP contribution < -0.4 is 4.83 Å². The van der Waals surface area contributed by atoms with Crippen LogP contribution in [0.2, 0.25) is 10.0 Å². The first-order valence-corrected chi connectivity index (χ1v) is 10.00. The van der Waals surface area contributed by atoms with E-state index >= 15 is 0 Å². The summed E-state index contributed by atoms with van der Waals surface area (Å²) in [5.74, 6) is 0.0949. The monoisotopic (exact) mass is 420 g/mol. The molecule has 3 aromatic rings. The second-order valence-corrected chi connectivity index (χ2v) is 8.02. The number of nitrogens with one attached hydrogen (secondary N) is 1. The topological polar surface area (TPSA) is 78.8 Å². The van der Waals surface area contributed by atoms with Crippen molar-refractivity contribution in [2.45, 2.75) is 4.90 Å². The molecular weight excluding hydrogens is 407 g/mol. The zero-order chi connectivity index (χ0) is 19.4. The van der Waals surface area contributed by atoms with Gasteiger partial charge in [-0.15, -0.1) is 0 Å². The van der Waals surface area contributed by atoms with Crippen LogP contribution in [0.15, 0.2) is 82.8 Å². The normalized spacial score (nSPS) is 12.0. The molecule has 0 unspecified atom stereocenters. The van der Waals surface area contributed by atoms with Crippen LogP contribution in [-0.2, 0) is 10.0 Å². The summed E-state index contributed by atoms with van der Waals surface area (Å²) < 4.78 is 25.3. The van der Waals surface area contributed by atoms with Crippen LogP contribution in [0.3, 0.4) is 0 Å². The third-order valence-electron chi connectivity index (χ3n) is 3.65. The Labute approximate surface area is 166 Å². The Morgan fingerprint density at radius 1 is 0.889 bits per heavy atom. The predicted molar refractivity (Wildman–Crippen MR) is 107 cm³/mol. The summed E-state index contributed by atoms with van der Waals surface area (Å²) in [5, 5.41) is 13.9. The Morgan fingerprint density at radius 3 is 2.19 bits per heavy atom. The van der Waals surface area contributed by atoms with E-state index in [2.05, 4.69) is 9.93 Å². The summed E-state index contributed by atoms with van der Waals surface area (Å²) in [6.45, 7) is 0. The van der Waals surface area contributed by atoms with Gasteiger partial charge in [-0.1, -0.05) is 53.5 Å². The number of aromatic hydroxyl groups is 1. The highest BCUT2D eigenvalue weighted by atomic mass is 35.5. The van der Waals surface area contributed by atoms with E-state index in [1.54, 1.807) is 24.3 Å². The van der Waals surface area contributed by atoms with E-state index < -0.39 is 10.0 Å². The van der Waals surface area contributed by atoms with Gasteiger partial charge in [-0.2, -0.15) is 18.4 Å². The molecule has 0 spiro atoms. The van der Waals surface area contributed by atoms with E-state index in [9.17, 15) is 13.5 Å². The van der Waals surface area contributed by atoms with Crippen molar-refractivity contribution >= 4 is 38.9 Å². The molecule has 0 aliphatic carbocycles. The van der Waals surface area contributed by atoms with Crippen molar-refractivity contribution in [1.82, 2.24) is 4.83 Å². The number of sulfonamides is 1. The number of hydrazone groups is 1. The average Bonchev–Trinajstić information content (AvgIpc) is 2.66. The van der Waals surface area contributed by atoms with Gasteiger partial charge >= 0.3 is 0 Å². The van der Waals surface area contributed by atoms with Crippen molar-refractivity contribution < 1.29 is 13.5 Å². The second-order valence-electron chi connectivity index (χ2n) is 5.54. The molecule has 0 aliphatic heterocycles. The molecule has 5 nitrogen and oxygen atoms in total. The van der Waals surface area contributed by atoms with Crippen molar-refractivity contribution in [2.24, 2.45) is 5.10 Å². The molecule has 27 heavy (non-hydrogen) atoms. The first-order chi connectivity index (χ1) is 12.9. The molecule has 0 saturated carbocycles. The second kappa shape index (κ2) is 8.00. The molecule has 0 fully saturated rings. The van der Waals surface area contributed by atoms with Crippen LogP contribution in [0.1, 0.15) is 11.1 Å². The highest BCUT2D eigenvalue weighted by molar-refractivity contribution is 7.89. The van der Waals surface area contributed by atoms with Gasteiger partial charge in [0.05, 0.1) is 10.7 Å². The van der Waals surface area contributed by atoms with Gasteiger partial charge in [-0.3, -0.25) is 0 Å². The fraction of sp³-hybridized carbons (Fsp3) is 0. The fourth-order valence-corrected chi connectivity index (χ4v) is 3.92. The SMILES string of the molecule is O=S(=O)(N/N=C(\c1ccccc1)c1ccc(O)cc1)c1cc(Cl)ccc1Cl. The number of hydrogen-bond donors (Lipinski definition) is 2. The van der Waals surface area contributed by atoms with Gasteiger partial charge in [0.25, 0.3) is 10.0 Å². The van der Waals surface area contributed by atoms with Gasteiger partial charge in [-0.25, -0.2) is 0 Å². The van der Waals surface area contributed by atoms with Gasteiger partial charge in [0.15, 0.2) is 0 Å². The molecular formula is C19H14Cl2N2O3S. The fourth-order valence-electron chi connectivity index (χ4n) is 2.35. The van der Waals surface area contributed by atoms with E-state index in [0.29, 0.717) is 16.8 Å². The number of hydrogen-bond acceptors (Lipinski definition) is 4. The lowest BCUT2D eigenvalue weighted by atomic mass is 10.0. The maximum Gasteiger partial charge on any atom is 0.278 e. The van der Waals surface area contributed by atoms with Crippen LogP contribution in [0.25, 0.3) is 0 Å². The lowest BCUT2D eigenvalue weighted by molar-refractivity contribution is 0.475. The minimum Gasteiger partial charge on any atom is -0.508 e. The molecule has 8 heteroatoms. The Balaban J connectivity index is 2.03. The van der Waals surface area contributed by atoms with Gasteiger partial charge in [-0.05, 0) is 42.5 Å². The zero-order valence-electron chi connectivity index (χ0n) is 13.8. The third kappa shape index (κ3) is 4.60. The van der Waals surface area contributed by atoms with E-state index in [1.165, 1.54) is 30.3 Å². The van der Waals surface area contributed by atoms with Crippen molar-refractivity contribution in [1.29, 1.82) is 0 Å². The Kier molecular flexibility index (Phi) is 5.70. The lowest BCUT2D eigenvalue weighted by Gasteiger charge is -2.10. The summed E-state index contributed by atoms with van der Waals surface area (Å²) in [7, 11) is -4.04. The molecule has 0 heterocycles. The number of rotatable bonds is 5. The van der Waals surface area contributed by atoms with E-state index in [-0.39, 0.29) is 20.7 Å². The number of benzene rings is 3. The molecule has 0 aromatic heterocycles. The highest BCUT2D eigenvalue weighted by Gasteiger charge is 2.19. The molecule has 3 aromatic carbocycles. The van der Waals surface area contributed by atoms with Crippen molar-refractivity contribution in [3.63, 3.8) is 0 Å². The first kappa shape index (κ1) is 19.2. The summed E-state index contributed by atoms with van der Waals surface area (Å²) in [6.07, 6.45) is 0. The smallest absolute Gasteiger partial charge is 0.278 e. The quantitative estimate of drug-likeness (QED) is 0.473. The third-order valence-corrected chi connectivity index (χ3v) is 5.57.